The van der Waals surface area contributed by atoms with Crippen molar-refractivity contribution in [3.63, 3.8) is 0 Å². The maximum absolute atomic E-state index is 11.0. The van der Waals surface area contributed by atoms with Gasteiger partial charge in [0.15, 0.2) is 0 Å². The third-order valence-corrected chi connectivity index (χ3v) is 3.08. The Morgan fingerprint density at radius 3 is 2.94 bits per heavy atom. The number of aromatic nitrogens is 1. The monoisotopic (exact) mass is 274 g/mol. The highest BCUT2D eigenvalue weighted by Crippen LogP contribution is 2.18. The van der Waals surface area contributed by atoms with Gasteiger partial charge in [0.2, 0.25) is 0 Å². The Hall–Kier alpha value is -0.940. The van der Waals surface area contributed by atoms with E-state index >= 15 is 0 Å². The number of anilines is 1. The topological polar surface area (TPSA) is 62.2 Å². The number of aromatic carboxylic acids is 1. The Labute approximate surface area is 110 Å². The molecule has 1 heterocycles. The Morgan fingerprint density at radius 1 is 1.65 bits per heavy atom. The predicted molar refractivity (Wildman–Crippen MR) is 72.3 cm³/mol. The van der Waals surface area contributed by atoms with Gasteiger partial charge in [0.1, 0.15) is 16.5 Å². The number of nitrogens with one attached hydrogen (secondary N) is 1. The minimum absolute atomic E-state index is 0.144. The minimum Gasteiger partial charge on any atom is -0.478 e. The van der Waals surface area contributed by atoms with Crippen LogP contribution in [0.3, 0.4) is 0 Å². The molecule has 1 atom stereocenters. The first kappa shape index (κ1) is 14.1. The summed E-state index contributed by atoms with van der Waals surface area (Å²) in [6.45, 7) is 1.99. The van der Waals surface area contributed by atoms with Crippen LogP contribution in [0.5, 0.6) is 0 Å². The van der Waals surface area contributed by atoms with Crippen molar-refractivity contribution < 1.29 is 9.90 Å². The first-order chi connectivity index (χ1) is 8.04. The van der Waals surface area contributed by atoms with E-state index in [1.807, 2.05) is 13.2 Å². The van der Waals surface area contributed by atoms with Crippen LogP contribution in [0, 0.1) is 0 Å². The van der Waals surface area contributed by atoms with Crippen LogP contribution in [0.1, 0.15) is 23.7 Å². The number of pyridine rings is 1. The number of carboxylic acids is 1. The summed E-state index contributed by atoms with van der Waals surface area (Å²) < 4.78 is 0. The molecule has 1 aromatic rings. The van der Waals surface area contributed by atoms with Crippen molar-refractivity contribution in [3.05, 3.63) is 22.8 Å². The van der Waals surface area contributed by atoms with Crippen LogP contribution in [0.25, 0.3) is 0 Å². The molecule has 0 aromatic carbocycles. The van der Waals surface area contributed by atoms with Gasteiger partial charge in [-0.3, -0.25) is 0 Å². The summed E-state index contributed by atoms with van der Waals surface area (Å²) >= 11 is 7.51. The molecule has 0 saturated carbocycles. The number of halogens is 1. The van der Waals surface area contributed by atoms with E-state index in [9.17, 15) is 4.79 Å². The smallest absolute Gasteiger partial charge is 0.339 e. The number of rotatable bonds is 6. The van der Waals surface area contributed by atoms with Gasteiger partial charge < -0.3 is 10.4 Å². The van der Waals surface area contributed by atoms with Crippen molar-refractivity contribution in [3.8, 4) is 0 Å². The van der Waals surface area contributed by atoms with Crippen molar-refractivity contribution in [1.82, 2.24) is 4.98 Å². The molecule has 0 aliphatic heterocycles. The summed E-state index contributed by atoms with van der Waals surface area (Å²) in [6.07, 6.45) is 2.97. The molecule has 0 fully saturated rings. The molecule has 4 nitrogen and oxygen atoms in total. The van der Waals surface area contributed by atoms with Crippen molar-refractivity contribution in [2.45, 2.75) is 19.4 Å². The van der Waals surface area contributed by atoms with Gasteiger partial charge in [-0.1, -0.05) is 11.6 Å². The zero-order valence-corrected chi connectivity index (χ0v) is 11.3. The lowest BCUT2D eigenvalue weighted by molar-refractivity contribution is 0.0697. The van der Waals surface area contributed by atoms with Crippen molar-refractivity contribution in [2.75, 3.05) is 17.3 Å². The minimum atomic E-state index is -1.01. The van der Waals surface area contributed by atoms with E-state index in [1.165, 1.54) is 12.1 Å². The van der Waals surface area contributed by atoms with Gasteiger partial charge in [-0.05, 0) is 37.5 Å². The molecule has 0 saturated heterocycles. The second kappa shape index (κ2) is 6.71. The van der Waals surface area contributed by atoms with Gasteiger partial charge in [0, 0.05) is 6.04 Å². The summed E-state index contributed by atoms with van der Waals surface area (Å²) in [4.78, 5) is 15.0. The molecule has 0 aliphatic carbocycles. The molecule has 1 unspecified atom stereocenters. The molecule has 2 N–H and O–H groups in total. The Morgan fingerprint density at radius 2 is 2.35 bits per heavy atom. The fourth-order valence-electron chi connectivity index (χ4n) is 1.32. The van der Waals surface area contributed by atoms with Gasteiger partial charge in [-0.25, -0.2) is 9.78 Å². The highest BCUT2D eigenvalue weighted by atomic mass is 35.5. The zero-order chi connectivity index (χ0) is 12.8. The van der Waals surface area contributed by atoms with Gasteiger partial charge in [-0.2, -0.15) is 11.8 Å². The lowest BCUT2D eigenvalue weighted by Crippen LogP contribution is -2.19. The summed E-state index contributed by atoms with van der Waals surface area (Å²) in [6, 6.07) is 3.09. The van der Waals surface area contributed by atoms with Crippen LogP contribution in [0.4, 0.5) is 5.82 Å². The van der Waals surface area contributed by atoms with E-state index in [2.05, 4.69) is 10.3 Å². The van der Waals surface area contributed by atoms with Gasteiger partial charge in [-0.15, -0.1) is 0 Å². The number of carboxylic acid groups (broad SMARTS) is 1. The van der Waals surface area contributed by atoms with E-state index in [4.69, 9.17) is 16.7 Å². The summed E-state index contributed by atoms with van der Waals surface area (Å²) in [5, 5.41) is 12.4. The zero-order valence-electron chi connectivity index (χ0n) is 9.74. The fraction of sp³-hybridized carbons (Fsp3) is 0.455. The van der Waals surface area contributed by atoms with Gasteiger partial charge in [0.25, 0.3) is 0 Å². The predicted octanol–water partition coefficient (Wildman–Crippen LogP) is 2.99. The third kappa shape index (κ3) is 4.44. The molecule has 6 heteroatoms. The summed E-state index contributed by atoms with van der Waals surface area (Å²) in [7, 11) is 0. The second-order valence-electron chi connectivity index (χ2n) is 3.66. The SMILES string of the molecule is CSCCC(C)Nc1nc(Cl)ccc1C(=O)O. The molecule has 94 valence electrons. The number of nitrogens with zero attached hydrogens (tertiary/aromatic N) is 1. The van der Waals surface area contributed by atoms with Crippen LogP contribution >= 0.6 is 23.4 Å². The Kier molecular flexibility index (Phi) is 5.58. The molecule has 0 radical (unpaired) electrons. The molecule has 1 aromatic heterocycles. The lowest BCUT2D eigenvalue weighted by Gasteiger charge is -2.15. The number of hydrogen-bond acceptors (Lipinski definition) is 4. The maximum Gasteiger partial charge on any atom is 0.339 e. The summed E-state index contributed by atoms with van der Waals surface area (Å²) in [5.74, 6) is 0.337. The molecular weight excluding hydrogens is 260 g/mol. The second-order valence-corrected chi connectivity index (χ2v) is 5.04. The fourth-order valence-corrected chi connectivity index (χ4v) is 2.05. The van der Waals surface area contributed by atoms with Crippen molar-refractivity contribution in [2.24, 2.45) is 0 Å². The quantitative estimate of drug-likeness (QED) is 0.781. The first-order valence-electron chi connectivity index (χ1n) is 5.20. The number of hydrogen-bond donors (Lipinski definition) is 2. The normalized spacial score (nSPS) is 12.2. The number of thioether (sulfide) groups is 1. The molecular formula is C11H15ClN2O2S. The van der Waals surface area contributed by atoms with E-state index in [0.717, 1.165) is 12.2 Å². The first-order valence-corrected chi connectivity index (χ1v) is 6.97. The Bertz CT molecular complexity index is 401. The van der Waals surface area contributed by atoms with Gasteiger partial charge in [0.05, 0.1) is 0 Å². The van der Waals surface area contributed by atoms with Gasteiger partial charge >= 0.3 is 5.97 Å². The number of carbonyl (C=O) groups is 1. The van der Waals surface area contributed by atoms with Crippen LogP contribution in [0.2, 0.25) is 5.15 Å². The van der Waals surface area contributed by atoms with E-state index in [-0.39, 0.29) is 16.8 Å². The van der Waals surface area contributed by atoms with E-state index in [0.29, 0.717) is 5.82 Å². The molecule has 1 rings (SSSR count). The highest BCUT2D eigenvalue weighted by Gasteiger charge is 2.13. The maximum atomic E-state index is 11.0. The van der Waals surface area contributed by atoms with Crippen molar-refractivity contribution >= 4 is 35.1 Å². The lowest BCUT2D eigenvalue weighted by atomic mass is 10.2. The molecule has 0 amide bonds. The van der Waals surface area contributed by atoms with Crippen LogP contribution in [-0.4, -0.2) is 34.1 Å². The molecule has 0 spiro atoms. The average Bonchev–Trinajstić information content (AvgIpc) is 2.26. The molecule has 0 bridgehead atoms. The Balaban J connectivity index is 2.81. The standard InChI is InChI=1S/C11H15ClN2O2S/c1-7(5-6-17-2)13-10-8(11(15)16)3-4-9(12)14-10/h3-4,7H,5-6H2,1-2H3,(H,13,14)(H,15,16). The van der Waals surface area contributed by atoms with Crippen LogP contribution < -0.4 is 5.32 Å². The highest BCUT2D eigenvalue weighted by molar-refractivity contribution is 7.98. The molecule has 0 aliphatic rings. The van der Waals surface area contributed by atoms with Crippen LogP contribution in [-0.2, 0) is 0 Å². The molecule has 17 heavy (non-hydrogen) atoms. The van der Waals surface area contributed by atoms with Crippen molar-refractivity contribution in [1.29, 1.82) is 0 Å². The van der Waals surface area contributed by atoms with Crippen LogP contribution in [0.15, 0.2) is 12.1 Å². The summed E-state index contributed by atoms with van der Waals surface area (Å²) in [5.41, 5.74) is 0.144. The average molecular weight is 275 g/mol. The third-order valence-electron chi connectivity index (χ3n) is 2.23. The largest absolute Gasteiger partial charge is 0.478 e. The van der Waals surface area contributed by atoms with E-state index in [1.54, 1.807) is 11.8 Å². The van der Waals surface area contributed by atoms with E-state index < -0.39 is 5.97 Å².